The number of aromatic nitrogens is 2. The van der Waals surface area contributed by atoms with Gasteiger partial charge in [-0.1, -0.05) is 11.6 Å². The van der Waals surface area contributed by atoms with Gasteiger partial charge in [-0.2, -0.15) is 5.26 Å². The summed E-state index contributed by atoms with van der Waals surface area (Å²) >= 11 is 6.17. The van der Waals surface area contributed by atoms with E-state index < -0.39 is 45.1 Å². The second kappa shape index (κ2) is 7.05. The highest BCUT2D eigenvalue weighted by Gasteiger charge is 2.55. The highest BCUT2D eigenvalue weighted by atomic mass is 35.5. The molecule has 1 aliphatic carbocycles. The van der Waals surface area contributed by atoms with Crippen molar-refractivity contribution in [3.05, 3.63) is 40.9 Å². The molecule has 3 rings (SSSR count). The lowest BCUT2D eigenvalue weighted by atomic mass is 9.76. The first-order valence-electron chi connectivity index (χ1n) is 8.30. The zero-order valence-corrected chi connectivity index (χ0v) is 16.9. The number of hydrogen-bond donors (Lipinski definition) is 2. The van der Waals surface area contributed by atoms with E-state index in [9.17, 15) is 22.0 Å². The first-order chi connectivity index (χ1) is 13.4. The molecule has 0 atom stereocenters. The van der Waals surface area contributed by atoms with Gasteiger partial charge in [-0.25, -0.2) is 26.9 Å². The second-order valence-electron chi connectivity index (χ2n) is 7.14. The monoisotopic (exact) mass is 443 g/mol. The summed E-state index contributed by atoms with van der Waals surface area (Å²) in [7, 11) is -2.82. The molecule has 2 N–H and O–H groups in total. The standard InChI is InChI=1S/C17H16ClF2N5O3S/c1-16(8-17(19,20)9-16)24-29(27,28)12-7-25(2)14(13(12)18)15(26)23-10-3-4-22-11(5-10)6-21/h3-5,7,24H,8-9H2,1-2H3,(H,22,23,26). The average molecular weight is 444 g/mol. The number of nitriles is 1. The molecule has 1 amide bonds. The van der Waals surface area contributed by atoms with Crippen LogP contribution >= 0.6 is 11.6 Å². The van der Waals surface area contributed by atoms with E-state index in [4.69, 9.17) is 16.9 Å². The van der Waals surface area contributed by atoms with Crippen LogP contribution in [0.4, 0.5) is 14.5 Å². The van der Waals surface area contributed by atoms with Gasteiger partial charge in [0.1, 0.15) is 22.4 Å². The Labute approximate surface area is 170 Å². The molecule has 0 unspecified atom stereocenters. The fraction of sp³-hybridized carbons (Fsp3) is 0.353. The van der Waals surface area contributed by atoms with E-state index >= 15 is 0 Å². The van der Waals surface area contributed by atoms with Gasteiger partial charge in [0.25, 0.3) is 11.8 Å². The molecule has 2 aromatic heterocycles. The number of amides is 1. The molecule has 0 spiro atoms. The van der Waals surface area contributed by atoms with Crippen molar-refractivity contribution in [2.45, 2.75) is 36.1 Å². The Hall–Kier alpha value is -2.55. The highest BCUT2D eigenvalue weighted by Crippen LogP contribution is 2.46. The van der Waals surface area contributed by atoms with Gasteiger partial charge >= 0.3 is 0 Å². The minimum absolute atomic E-state index is 0.0822. The maximum atomic E-state index is 13.2. The molecule has 154 valence electrons. The Kier molecular flexibility index (Phi) is 5.15. The first-order valence-corrected chi connectivity index (χ1v) is 10.2. The van der Waals surface area contributed by atoms with Gasteiger partial charge < -0.3 is 9.88 Å². The van der Waals surface area contributed by atoms with E-state index in [0.717, 1.165) is 6.20 Å². The molecule has 1 fully saturated rings. The third-order valence-electron chi connectivity index (χ3n) is 4.40. The van der Waals surface area contributed by atoms with Crippen LogP contribution in [0.25, 0.3) is 0 Å². The lowest BCUT2D eigenvalue weighted by Crippen LogP contribution is -2.60. The Balaban J connectivity index is 1.86. The van der Waals surface area contributed by atoms with Crippen molar-refractivity contribution in [3.8, 4) is 6.07 Å². The quantitative estimate of drug-likeness (QED) is 0.736. The van der Waals surface area contributed by atoms with E-state index in [1.807, 2.05) is 6.07 Å². The number of sulfonamides is 1. The van der Waals surface area contributed by atoms with E-state index in [1.54, 1.807) is 0 Å². The van der Waals surface area contributed by atoms with Crippen LogP contribution < -0.4 is 10.0 Å². The molecule has 1 saturated carbocycles. The smallest absolute Gasteiger partial charge is 0.273 e. The van der Waals surface area contributed by atoms with Crippen LogP contribution in [0, 0.1) is 11.3 Å². The SMILES string of the molecule is Cn1cc(S(=O)(=O)NC2(C)CC(F)(F)C2)c(Cl)c1C(=O)Nc1ccnc(C#N)c1. The fourth-order valence-corrected chi connectivity index (χ4v) is 5.42. The molecule has 0 aromatic carbocycles. The Morgan fingerprint density at radius 2 is 2.07 bits per heavy atom. The molecule has 2 aromatic rings. The van der Waals surface area contributed by atoms with Crippen molar-refractivity contribution in [2.75, 3.05) is 5.32 Å². The number of alkyl halides is 2. The van der Waals surface area contributed by atoms with Gasteiger partial charge in [0.05, 0.1) is 5.02 Å². The lowest BCUT2D eigenvalue weighted by molar-refractivity contribution is -0.121. The Bertz CT molecular complexity index is 1130. The third-order valence-corrected chi connectivity index (χ3v) is 6.55. The number of halogens is 3. The molecule has 8 nitrogen and oxygen atoms in total. The predicted molar refractivity (Wildman–Crippen MR) is 100 cm³/mol. The zero-order chi connectivity index (χ0) is 21.6. The first kappa shape index (κ1) is 21.2. The number of nitrogens with one attached hydrogen (secondary N) is 2. The lowest BCUT2D eigenvalue weighted by Gasteiger charge is -2.44. The number of carbonyl (C=O) groups excluding carboxylic acids is 1. The Morgan fingerprint density at radius 3 is 2.66 bits per heavy atom. The van der Waals surface area contributed by atoms with Crippen LogP contribution in [0.2, 0.25) is 5.02 Å². The molecule has 0 radical (unpaired) electrons. The van der Waals surface area contributed by atoms with Gasteiger partial charge in [-0.05, 0) is 19.1 Å². The third kappa shape index (κ3) is 4.24. The summed E-state index contributed by atoms with van der Waals surface area (Å²) in [6.07, 6.45) is 1.21. The topological polar surface area (TPSA) is 117 Å². The maximum Gasteiger partial charge on any atom is 0.273 e. The van der Waals surface area contributed by atoms with Crippen molar-refractivity contribution >= 4 is 33.2 Å². The molecule has 2 heterocycles. The number of hydrogen-bond acceptors (Lipinski definition) is 5. The normalized spacial score (nSPS) is 17.2. The minimum atomic E-state index is -4.25. The number of carbonyl (C=O) groups is 1. The van der Waals surface area contributed by atoms with Gasteiger partial charge in [0.15, 0.2) is 0 Å². The van der Waals surface area contributed by atoms with Crippen LogP contribution in [0.15, 0.2) is 29.4 Å². The maximum absolute atomic E-state index is 13.2. The van der Waals surface area contributed by atoms with E-state index in [1.165, 1.54) is 36.9 Å². The summed E-state index contributed by atoms with van der Waals surface area (Å²) in [5.41, 5.74) is -1.09. The molecule has 0 bridgehead atoms. The van der Waals surface area contributed by atoms with E-state index in [-0.39, 0.29) is 22.1 Å². The average Bonchev–Trinajstić information content (AvgIpc) is 2.87. The Morgan fingerprint density at radius 1 is 1.41 bits per heavy atom. The fourth-order valence-electron chi connectivity index (χ4n) is 3.32. The number of nitrogens with zero attached hydrogens (tertiary/aromatic N) is 3. The van der Waals surface area contributed by atoms with Crippen molar-refractivity contribution in [2.24, 2.45) is 7.05 Å². The van der Waals surface area contributed by atoms with Gasteiger partial charge in [-0.15, -0.1) is 0 Å². The van der Waals surface area contributed by atoms with Crippen molar-refractivity contribution < 1.29 is 22.0 Å². The summed E-state index contributed by atoms with van der Waals surface area (Å²) < 4.78 is 55.2. The van der Waals surface area contributed by atoms with Gasteiger partial charge in [-0.3, -0.25) is 4.79 Å². The molecule has 12 heteroatoms. The highest BCUT2D eigenvalue weighted by molar-refractivity contribution is 7.89. The molecule has 1 aliphatic rings. The largest absolute Gasteiger partial charge is 0.344 e. The van der Waals surface area contributed by atoms with E-state index in [2.05, 4.69) is 15.0 Å². The molecule has 0 saturated heterocycles. The van der Waals surface area contributed by atoms with Gasteiger partial charge in [0.2, 0.25) is 10.0 Å². The number of pyridine rings is 1. The predicted octanol–water partition coefficient (Wildman–Crippen LogP) is 2.66. The molecular weight excluding hydrogens is 428 g/mol. The number of rotatable bonds is 5. The van der Waals surface area contributed by atoms with Crippen molar-refractivity contribution in [1.82, 2.24) is 14.3 Å². The van der Waals surface area contributed by atoms with Crippen molar-refractivity contribution in [3.63, 3.8) is 0 Å². The summed E-state index contributed by atoms with van der Waals surface area (Å²) in [6, 6.07) is 4.62. The molecule has 0 aliphatic heterocycles. The summed E-state index contributed by atoms with van der Waals surface area (Å²) in [4.78, 5) is 16.0. The number of anilines is 1. The van der Waals surface area contributed by atoms with E-state index in [0.29, 0.717) is 0 Å². The zero-order valence-electron chi connectivity index (χ0n) is 15.3. The summed E-state index contributed by atoms with van der Waals surface area (Å²) in [5.74, 6) is -3.63. The second-order valence-corrected chi connectivity index (χ2v) is 9.17. The van der Waals surface area contributed by atoms with Crippen LogP contribution in [0.5, 0.6) is 0 Å². The van der Waals surface area contributed by atoms with Crippen LogP contribution in [-0.4, -0.2) is 35.3 Å². The van der Waals surface area contributed by atoms with Gasteiger partial charge in [0, 0.05) is 43.5 Å². The molecular formula is C17H16ClF2N5O3S. The summed E-state index contributed by atoms with van der Waals surface area (Å²) in [5, 5.41) is 11.0. The van der Waals surface area contributed by atoms with Crippen LogP contribution in [0.1, 0.15) is 35.9 Å². The number of aryl methyl sites for hydroxylation is 1. The van der Waals surface area contributed by atoms with Crippen molar-refractivity contribution in [1.29, 1.82) is 5.26 Å². The summed E-state index contributed by atoms with van der Waals surface area (Å²) in [6.45, 7) is 1.38. The minimum Gasteiger partial charge on any atom is -0.344 e. The van der Waals surface area contributed by atoms with Crippen LogP contribution in [0.3, 0.4) is 0 Å². The van der Waals surface area contributed by atoms with Crippen LogP contribution in [-0.2, 0) is 17.1 Å². The molecule has 29 heavy (non-hydrogen) atoms.